The van der Waals surface area contributed by atoms with Crippen LogP contribution in [0.3, 0.4) is 0 Å². The van der Waals surface area contributed by atoms with E-state index < -0.39 is 0 Å². The highest BCUT2D eigenvalue weighted by Crippen LogP contribution is 2.24. The number of thiophene rings is 1. The zero-order chi connectivity index (χ0) is 12.1. The van der Waals surface area contributed by atoms with Gasteiger partial charge < -0.3 is 5.32 Å². The summed E-state index contributed by atoms with van der Waals surface area (Å²) in [5, 5.41) is 11.6. The molecule has 0 unspecified atom stereocenters. The highest BCUT2D eigenvalue weighted by molar-refractivity contribution is 9.11. The molecule has 1 aromatic rings. The molecule has 0 fully saturated rings. The van der Waals surface area contributed by atoms with Crippen LogP contribution in [0, 0.1) is 11.3 Å². The molecule has 0 radical (unpaired) electrons. The summed E-state index contributed by atoms with van der Waals surface area (Å²) >= 11 is 4.80. The molecular weight excluding hydrogens is 288 g/mol. The van der Waals surface area contributed by atoms with Gasteiger partial charge >= 0.3 is 0 Å². The normalized spacial score (nSPS) is 11.3. The van der Waals surface area contributed by atoms with Crippen LogP contribution in [0.1, 0.15) is 18.7 Å². The second-order valence-electron chi connectivity index (χ2n) is 3.44. The molecule has 1 heterocycles. The summed E-state index contributed by atoms with van der Waals surface area (Å²) in [6, 6.07) is 5.67. The zero-order valence-corrected chi connectivity index (χ0v) is 11.4. The maximum Gasteiger partial charge on any atom is 0.262 e. The second-order valence-corrected chi connectivity index (χ2v) is 5.93. The van der Waals surface area contributed by atoms with Gasteiger partial charge in [0.2, 0.25) is 0 Å². The van der Waals surface area contributed by atoms with Crippen molar-refractivity contribution in [2.45, 2.75) is 19.9 Å². The first-order valence-electron chi connectivity index (χ1n) is 4.71. The minimum Gasteiger partial charge on any atom is -0.349 e. The van der Waals surface area contributed by atoms with E-state index in [1.54, 1.807) is 6.08 Å². The molecule has 1 amide bonds. The third-order valence-corrected chi connectivity index (χ3v) is 3.24. The smallest absolute Gasteiger partial charge is 0.262 e. The van der Waals surface area contributed by atoms with E-state index in [1.807, 2.05) is 32.0 Å². The maximum atomic E-state index is 11.6. The highest BCUT2D eigenvalue weighted by Gasteiger charge is 2.10. The van der Waals surface area contributed by atoms with Crippen LogP contribution in [0.25, 0.3) is 6.08 Å². The molecule has 0 atom stereocenters. The molecule has 0 aromatic carbocycles. The minimum atomic E-state index is -0.331. The third-order valence-electron chi connectivity index (χ3n) is 1.67. The fourth-order valence-corrected chi connectivity index (χ4v) is 2.40. The molecule has 0 spiro atoms. The van der Waals surface area contributed by atoms with Gasteiger partial charge in [-0.3, -0.25) is 4.79 Å². The molecule has 5 heteroatoms. The van der Waals surface area contributed by atoms with Crippen LogP contribution in [0.4, 0.5) is 0 Å². The molecule has 0 saturated heterocycles. The van der Waals surface area contributed by atoms with Gasteiger partial charge in [-0.2, -0.15) is 5.26 Å². The van der Waals surface area contributed by atoms with E-state index in [2.05, 4.69) is 21.2 Å². The topological polar surface area (TPSA) is 52.9 Å². The molecule has 16 heavy (non-hydrogen) atoms. The molecule has 1 rings (SSSR count). The first kappa shape index (κ1) is 12.9. The SMILES string of the molecule is CC(C)NC(=O)/C(C#N)=C/c1ccc(Br)s1. The number of carbonyl (C=O) groups excluding carboxylic acids is 1. The maximum absolute atomic E-state index is 11.6. The summed E-state index contributed by atoms with van der Waals surface area (Å²) in [4.78, 5) is 12.5. The summed E-state index contributed by atoms with van der Waals surface area (Å²) in [6.07, 6.45) is 1.59. The van der Waals surface area contributed by atoms with Gasteiger partial charge in [-0.15, -0.1) is 11.3 Å². The predicted molar refractivity (Wildman–Crippen MR) is 68.9 cm³/mol. The Hall–Kier alpha value is -1.12. The van der Waals surface area contributed by atoms with E-state index in [1.165, 1.54) is 11.3 Å². The number of carbonyl (C=O) groups is 1. The highest BCUT2D eigenvalue weighted by atomic mass is 79.9. The Labute approximate surface area is 107 Å². The number of amides is 1. The van der Waals surface area contributed by atoms with Crippen molar-refractivity contribution in [3.8, 4) is 6.07 Å². The van der Waals surface area contributed by atoms with Gasteiger partial charge in [-0.25, -0.2) is 0 Å². The second kappa shape index (κ2) is 5.83. The number of rotatable bonds is 3. The van der Waals surface area contributed by atoms with Gasteiger partial charge in [-0.05, 0) is 48.0 Å². The zero-order valence-electron chi connectivity index (χ0n) is 8.95. The number of halogens is 1. The van der Waals surface area contributed by atoms with Gasteiger partial charge in [0.25, 0.3) is 5.91 Å². The van der Waals surface area contributed by atoms with E-state index in [-0.39, 0.29) is 17.5 Å². The first-order chi connectivity index (χ1) is 7.52. The van der Waals surface area contributed by atoms with Crippen molar-refractivity contribution in [2.75, 3.05) is 0 Å². The van der Waals surface area contributed by atoms with Crippen molar-refractivity contribution >= 4 is 39.2 Å². The number of nitrogens with zero attached hydrogens (tertiary/aromatic N) is 1. The molecule has 0 aliphatic rings. The largest absolute Gasteiger partial charge is 0.349 e. The fraction of sp³-hybridized carbons (Fsp3) is 0.273. The van der Waals surface area contributed by atoms with Gasteiger partial charge in [0.05, 0.1) is 3.79 Å². The Balaban J connectivity index is 2.87. The van der Waals surface area contributed by atoms with Gasteiger partial charge in [0.1, 0.15) is 11.6 Å². The lowest BCUT2D eigenvalue weighted by Gasteiger charge is -2.06. The van der Waals surface area contributed by atoms with Gasteiger partial charge in [0.15, 0.2) is 0 Å². The Bertz CT molecular complexity index is 457. The third kappa shape index (κ3) is 3.80. The minimum absolute atomic E-state index is 0.0271. The van der Waals surface area contributed by atoms with Crippen molar-refractivity contribution < 1.29 is 4.79 Å². The Morgan fingerprint density at radius 3 is 2.75 bits per heavy atom. The lowest BCUT2D eigenvalue weighted by molar-refractivity contribution is -0.117. The fourth-order valence-electron chi connectivity index (χ4n) is 1.04. The van der Waals surface area contributed by atoms with Crippen molar-refractivity contribution in [3.63, 3.8) is 0 Å². The monoisotopic (exact) mass is 298 g/mol. The van der Waals surface area contributed by atoms with E-state index in [0.717, 1.165) is 8.66 Å². The number of nitrogens with one attached hydrogen (secondary N) is 1. The molecule has 84 valence electrons. The van der Waals surface area contributed by atoms with Crippen LogP contribution >= 0.6 is 27.3 Å². The van der Waals surface area contributed by atoms with E-state index >= 15 is 0 Å². The molecule has 1 aromatic heterocycles. The first-order valence-corrected chi connectivity index (χ1v) is 6.32. The molecule has 0 aliphatic heterocycles. The van der Waals surface area contributed by atoms with E-state index in [0.29, 0.717) is 0 Å². The van der Waals surface area contributed by atoms with Crippen molar-refractivity contribution in [1.82, 2.24) is 5.32 Å². The lowest BCUT2D eigenvalue weighted by atomic mass is 10.2. The average molecular weight is 299 g/mol. The standard InChI is InChI=1S/C11H11BrN2OS/c1-7(2)14-11(15)8(6-13)5-9-3-4-10(12)16-9/h3-5,7H,1-2H3,(H,14,15)/b8-5+. The van der Waals surface area contributed by atoms with Crippen LogP contribution in [0.2, 0.25) is 0 Å². The van der Waals surface area contributed by atoms with Gasteiger partial charge in [0, 0.05) is 10.9 Å². The predicted octanol–water partition coefficient (Wildman–Crippen LogP) is 2.94. The van der Waals surface area contributed by atoms with Crippen LogP contribution < -0.4 is 5.32 Å². The van der Waals surface area contributed by atoms with E-state index in [9.17, 15) is 4.79 Å². The van der Waals surface area contributed by atoms with Gasteiger partial charge in [-0.1, -0.05) is 0 Å². The summed E-state index contributed by atoms with van der Waals surface area (Å²) in [7, 11) is 0. The number of nitriles is 1. The Morgan fingerprint density at radius 1 is 1.62 bits per heavy atom. The summed E-state index contributed by atoms with van der Waals surface area (Å²) < 4.78 is 0.973. The lowest BCUT2D eigenvalue weighted by Crippen LogP contribution is -2.30. The average Bonchev–Trinajstić information content (AvgIpc) is 2.59. The van der Waals surface area contributed by atoms with Crippen LogP contribution in [-0.4, -0.2) is 11.9 Å². The molecular formula is C11H11BrN2OS. The Kier molecular flexibility index (Phi) is 4.71. The molecule has 0 saturated carbocycles. The van der Waals surface area contributed by atoms with Crippen LogP contribution in [0.5, 0.6) is 0 Å². The number of hydrogen-bond donors (Lipinski definition) is 1. The van der Waals surface area contributed by atoms with Crippen LogP contribution in [-0.2, 0) is 4.79 Å². The Morgan fingerprint density at radius 2 is 2.31 bits per heavy atom. The summed E-state index contributed by atoms with van der Waals surface area (Å²) in [5.74, 6) is -0.331. The van der Waals surface area contributed by atoms with Crippen LogP contribution in [0.15, 0.2) is 21.5 Å². The van der Waals surface area contributed by atoms with Crippen molar-refractivity contribution in [2.24, 2.45) is 0 Å². The molecule has 1 N–H and O–H groups in total. The molecule has 3 nitrogen and oxygen atoms in total. The van der Waals surface area contributed by atoms with Crippen molar-refractivity contribution in [1.29, 1.82) is 5.26 Å². The van der Waals surface area contributed by atoms with E-state index in [4.69, 9.17) is 5.26 Å². The summed E-state index contributed by atoms with van der Waals surface area (Å²) in [6.45, 7) is 3.71. The van der Waals surface area contributed by atoms with Crippen molar-refractivity contribution in [3.05, 3.63) is 26.4 Å². The number of hydrogen-bond acceptors (Lipinski definition) is 3. The summed E-state index contributed by atoms with van der Waals surface area (Å²) in [5.41, 5.74) is 0.128. The quantitative estimate of drug-likeness (QED) is 0.689. The molecule has 0 bridgehead atoms. The molecule has 0 aliphatic carbocycles.